The molecule has 0 aliphatic rings. The van der Waals surface area contributed by atoms with Crippen LogP contribution < -0.4 is 5.32 Å². The Morgan fingerprint density at radius 3 is 2.80 bits per heavy atom. The molecule has 86 valence electrons. The van der Waals surface area contributed by atoms with Gasteiger partial charge in [-0.3, -0.25) is 4.68 Å². The van der Waals surface area contributed by atoms with E-state index in [2.05, 4.69) is 17.3 Å². The first-order chi connectivity index (χ1) is 7.09. The van der Waals surface area contributed by atoms with Crippen molar-refractivity contribution in [3.8, 4) is 0 Å². The summed E-state index contributed by atoms with van der Waals surface area (Å²) in [5.74, 6) is 0. The third-order valence-corrected chi connectivity index (χ3v) is 2.85. The van der Waals surface area contributed by atoms with E-state index in [1.807, 2.05) is 26.4 Å². The van der Waals surface area contributed by atoms with E-state index in [1.165, 1.54) is 5.56 Å². The van der Waals surface area contributed by atoms with Gasteiger partial charge in [0.05, 0.1) is 12.8 Å². The van der Waals surface area contributed by atoms with Gasteiger partial charge in [0.2, 0.25) is 0 Å². The minimum atomic E-state index is -0.151. The van der Waals surface area contributed by atoms with Crippen molar-refractivity contribution in [1.29, 1.82) is 0 Å². The fraction of sp³-hybridized carbons (Fsp3) is 0.727. The van der Waals surface area contributed by atoms with Gasteiger partial charge in [-0.1, -0.05) is 6.92 Å². The predicted molar refractivity (Wildman–Crippen MR) is 60.7 cm³/mol. The van der Waals surface area contributed by atoms with Gasteiger partial charge in [0, 0.05) is 18.8 Å². The monoisotopic (exact) mass is 211 g/mol. The molecule has 15 heavy (non-hydrogen) atoms. The SMILES string of the molecule is CCC(C)(CO)NCCc1cnn(C)c1. The number of aliphatic hydroxyl groups excluding tert-OH is 1. The Morgan fingerprint density at radius 2 is 2.33 bits per heavy atom. The van der Waals surface area contributed by atoms with Gasteiger partial charge < -0.3 is 10.4 Å². The summed E-state index contributed by atoms with van der Waals surface area (Å²) in [4.78, 5) is 0. The highest BCUT2D eigenvalue weighted by molar-refractivity contribution is 5.04. The molecule has 2 N–H and O–H groups in total. The zero-order valence-corrected chi connectivity index (χ0v) is 9.82. The van der Waals surface area contributed by atoms with Gasteiger partial charge in [-0.2, -0.15) is 5.10 Å². The van der Waals surface area contributed by atoms with Crippen molar-refractivity contribution < 1.29 is 5.11 Å². The van der Waals surface area contributed by atoms with Gasteiger partial charge in [0.25, 0.3) is 0 Å². The van der Waals surface area contributed by atoms with Crippen LogP contribution in [0, 0.1) is 0 Å². The Kier molecular flexibility index (Phi) is 4.29. The molecule has 0 aliphatic heterocycles. The zero-order valence-electron chi connectivity index (χ0n) is 9.82. The molecular formula is C11H21N3O. The summed E-state index contributed by atoms with van der Waals surface area (Å²) < 4.78 is 1.81. The molecule has 0 spiro atoms. The second-order valence-corrected chi connectivity index (χ2v) is 4.27. The molecule has 0 bridgehead atoms. The van der Waals surface area contributed by atoms with E-state index in [0.29, 0.717) is 0 Å². The third-order valence-electron chi connectivity index (χ3n) is 2.85. The number of hydrogen-bond donors (Lipinski definition) is 2. The summed E-state index contributed by atoms with van der Waals surface area (Å²) in [6.07, 6.45) is 5.77. The van der Waals surface area contributed by atoms with Gasteiger partial charge in [-0.25, -0.2) is 0 Å². The Labute approximate surface area is 91.3 Å². The van der Waals surface area contributed by atoms with Gasteiger partial charge in [0.1, 0.15) is 0 Å². The van der Waals surface area contributed by atoms with Crippen LogP contribution >= 0.6 is 0 Å². The lowest BCUT2D eigenvalue weighted by Crippen LogP contribution is -2.45. The Morgan fingerprint density at radius 1 is 1.60 bits per heavy atom. The maximum absolute atomic E-state index is 9.21. The van der Waals surface area contributed by atoms with E-state index in [-0.39, 0.29) is 12.1 Å². The van der Waals surface area contributed by atoms with Crippen LogP contribution in [-0.4, -0.2) is 33.6 Å². The zero-order chi connectivity index (χ0) is 11.3. The number of nitrogens with zero attached hydrogens (tertiary/aromatic N) is 2. The molecule has 1 aromatic heterocycles. The van der Waals surface area contributed by atoms with Crippen molar-refractivity contribution in [3.05, 3.63) is 18.0 Å². The molecular weight excluding hydrogens is 190 g/mol. The molecule has 4 heteroatoms. The molecule has 0 saturated heterocycles. The molecule has 4 nitrogen and oxygen atoms in total. The van der Waals surface area contributed by atoms with E-state index in [1.54, 1.807) is 4.68 Å². The van der Waals surface area contributed by atoms with Gasteiger partial charge in [-0.15, -0.1) is 0 Å². The number of hydrogen-bond acceptors (Lipinski definition) is 3. The van der Waals surface area contributed by atoms with Crippen LogP contribution in [0.25, 0.3) is 0 Å². The van der Waals surface area contributed by atoms with Gasteiger partial charge >= 0.3 is 0 Å². The molecule has 1 unspecified atom stereocenters. The second-order valence-electron chi connectivity index (χ2n) is 4.27. The lowest BCUT2D eigenvalue weighted by molar-refractivity contribution is 0.171. The van der Waals surface area contributed by atoms with E-state index >= 15 is 0 Å². The highest BCUT2D eigenvalue weighted by atomic mass is 16.3. The molecule has 0 amide bonds. The fourth-order valence-corrected chi connectivity index (χ4v) is 1.40. The van der Waals surface area contributed by atoms with Crippen LogP contribution in [0.4, 0.5) is 0 Å². The average Bonchev–Trinajstić information content (AvgIpc) is 2.64. The van der Waals surface area contributed by atoms with E-state index in [9.17, 15) is 5.11 Å². The molecule has 1 heterocycles. The number of aromatic nitrogens is 2. The van der Waals surface area contributed by atoms with Crippen LogP contribution in [0.1, 0.15) is 25.8 Å². The van der Waals surface area contributed by atoms with E-state index in [0.717, 1.165) is 19.4 Å². The van der Waals surface area contributed by atoms with Crippen molar-refractivity contribution in [2.45, 2.75) is 32.2 Å². The predicted octanol–water partition coefficient (Wildman–Crippen LogP) is 0.713. The molecule has 0 aliphatic carbocycles. The summed E-state index contributed by atoms with van der Waals surface area (Å²) >= 11 is 0. The largest absolute Gasteiger partial charge is 0.394 e. The minimum absolute atomic E-state index is 0.151. The number of nitrogens with one attached hydrogen (secondary N) is 1. The first-order valence-electron chi connectivity index (χ1n) is 5.43. The normalized spacial score (nSPS) is 15.2. The van der Waals surface area contributed by atoms with Crippen molar-refractivity contribution in [2.75, 3.05) is 13.2 Å². The van der Waals surface area contributed by atoms with Crippen LogP contribution in [0.2, 0.25) is 0 Å². The minimum Gasteiger partial charge on any atom is -0.394 e. The summed E-state index contributed by atoms with van der Waals surface area (Å²) in [5.41, 5.74) is 1.07. The highest BCUT2D eigenvalue weighted by Crippen LogP contribution is 2.07. The smallest absolute Gasteiger partial charge is 0.0610 e. The number of aliphatic hydroxyl groups is 1. The Balaban J connectivity index is 2.32. The van der Waals surface area contributed by atoms with E-state index in [4.69, 9.17) is 0 Å². The molecule has 0 radical (unpaired) electrons. The molecule has 1 aromatic rings. The molecule has 0 fully saturated rings. The fourth-order valence-electron chi connectivity index (χ4n) is 1.40. The molecule has 0 saturated carbocycles. The Bertz CT molecular complexity index is 292. The average molecular weight is 211 g/mol. The number of rotatable bonds is 6. The summed E-state index contributed by atoms with van der Waals surface area (Å²) in [7, 11) is 1.92. The number of aryl methyl sites for hydroxylation is 1. The van der Waals surface area contributed by atoms with Gasteiger partial charge in [0.15, 0.2) is 0 Å². The summed E-state index contributed by atoms with van der Waals surface area (Å²) in [5, 5.41) is 16.7. The van der Waals surface area contributed by atoms with Crippen molar-refractivity contribution in [1.82, 2.24) is 15.1 Å². The third kappa shape index (κ3) is 3.64. The lowest BCUT2D eigenvalue weighted by atomic mass is 10.00. The summed E-state index contributed by atoms with van der Waals surface area (Å²) in [6.45, 7) is 5.16. The maximum Gasteiger partial charge on any atom is 0.0610 e. The van der Waals surface area contributed by atoms with Crippen LogP contribution in [0.5, 0.6) is 0 Å². The topological polar surface area (TPSA) is 50.1 Å². The standard InChI is InChI=1S/C11H21N3O/c1-4-11(2,9-15)12-6-5-10-7-13-14(3)8-10/h7-8,12,15H,4-6,9H2,1-3H3. The molecule has 0 aromatic carbocycles. The van der Waals surface area contributed by atoms with Gasteiger partial charge in [-0.05, 0) is 31.9 Å². The highest BCUT2D eigenvalue weighted by Gasteiger charge is 2.19. The first-order valence-corrected chi connectivity index (χ1v) is 5.43. The second kappa shape index (κ2) is 5.28. The van der Waals surface area contributed by atoms with Crippen LogP contribution in [0.3, 0.4) is 0 Å². The van der Waals surface area contributed by atoms with E-state index < -0.39 is 0 Å². The quantitative estimate of drug-likeness (QED) is 0.728. The van der Waals surface area contributed by atoms with Crippen LogP contribution in [0.15, 0.2) is 12.4 Å². The maximum atomic E-state index is 9.21. The molecule has 1 atom stereocenters. The van der Waals surface area contributed by atoms with Crippen molar-refractivity contribution in [3.63, 3.8) is 0 Å². The summed E-state index contributed by atoms with van der Waals surface area (Å²) in [6, 6.07) is 0. The first kappa shape index (κ1) is 12.2. The van der Waals surface area contributed by atoms with Crippen LogP contribution in [-0.2, 0) is 13.5 Å². The van der Waals surface area contributed by atoms with Crippen molar-refractivity contribution >= 4 is 0 Å². The van der Waals surface area contributed by atoms with Crippen molar-refractivity contribution in [2.24, 2.45) is 7.05 Å². The molecule has 1 rings (SSSR count). The Hall–Kier alpha value is -0.870. The lowest BCUT2D eigenvalue weighted by Gasteiger charge is -2.27.